The number of piperidine rings is 1. The molecule has 0 amide bonds. The van der Waals surface area contributed by atoms with Gasteiger partial charge in [0.25, 0.3) is 5.69 Å². The first kappa shape index (κ1) is 18.7. The van der Waals surface area contributed by atoms with E-state index in [1.807, 2.05) is 5.38 Å². The average molecular weight is 396 g/mol. The van der Waals surface area contributed by atoms with Crippen LogP contribution in [0.2, 0.25) is 0 Å². The van der Waals surface area contributed by atoms with Crippen LogP contribution in [-0.2, 0) is 16.4 Å². The summed E-state index contributed by atoms with van der Waals surface area (Å²) in [6.07, 6.45) is 4.09. The van der Waals surface area contributed by atoms with Gasteiger partial charge >= 0.3 is 0 Å². The van der Waals surface area contributed by atoms with Gasteiger partial charge in [0.05, 0.1) is 15.5 Å². The van der Waals surface area contributed by atoms with Crippen molar-refractivity contribution in [1.29, 1.82) is 0 Å². The van der Waals surface area contributed by atoms with Gasteiger partial charge in [-0.1, -0.05) is 6.07 Å². The van der Waals surface area contributed by atoms with Gasteiger partial charge in [-0.3, -0.25) is 10.1 Å². The van der Waals surface area contributed by atoms with Crippen molar-refractivity contribution in [2.24, 2.45) is 0 Å². The van der Waals surface area contributed by atoms with E-state index in [2.05, 4.69) is 14.6 Å². The average Bonchev–Trinajstić information content (AvgIpc) is 3.11. The molecule has 0 unspecified atom stereocenters. The second kappa shape index (κ2) is 8.11. The number of rotatable bonds is 7. The van der Waals surface area contributed by atoms with Crippen LogP contribution in [0.1, 0.15) is 25.0 Å². The first-order chi connectivity index (χ1) is 12.5. The monoisotopic (exact) mass is 396 g/mol. The minimum Gasteiger partial charge on any atom is -0.348 e. The van der Waals surface area contributed by atoms with Gasteiger partial charge in [-0.05, 0) is 25.3 Å². The largest absolute Gasteiger partial charge is 0.348 e. The van der Waals surface area contributed by atoms with Gasteiger partial charge in [-0.2, -0.15) is 0 Å². The van der Waals surface area contributed by atoms with Crippen LogP contribution >= 0.6 is 11.3 Å². The Hall–Kier alpha value is -2.04. The molecule has 1 aliphatic rings. The molecule has 0 atom stereocenters. The first-order valence-corrected chi connectivity index (χ1v) is 10.8. The maximum Gasteiger partial charge on any atom is 0.270 e. The minimum absolute atomic E-state index is 0.112. The molecule has 26 heavy (non-hydrogen) atoms. The molecule has 1 aromatic heterocycles. The number of hydrogen-bond acceptors (Lipinski definition) is 7. The number of hydrogen-bond donors (Lipinski definition) is 1. The topological polar surface area (TPSA) is 105 Å². The van der Waals surface area contributed by atoms with Crippen LogP contribution < -0.4 is 9.62 Å². The van der Waals surface area contributed by atoms with E-state index in [1.165, 1.54) is 37.5 Å². The molecular formula is C16H20N4O4S2. The zero-order valence-electron chi connectivity index (χ0n) is 14.1. The molecule has 1 N–H and O–H groups in total. The fraction of sp³-hybridized carbons (Fsp3) is 0.438. The summed E-state index contributed by atoms with van der Waals surface area (Å²) in [5, 5.41) is 13.7. The summed E-state index contributed by atoms with van der Waals surface area (Å²) in [5.74, 6) is 0. The zero-order valence-corrected chi connectivity index (χ0v) is 15.8. The molecule has 1 saturated heterocycles. The van der Waals surface area contributed by atoms with Gasteiger partial charge in [-0.25, -0.2) is 18.1 Å². The van der Waals surface area contributed by atoms with Crippen molar-refractivity contribution in [2.45, 2.75) is 30.6 Å². The molecule has 1 aromatic carbocycles. The molecule has 10 heteroatoms. The standard InChI is InChI=1S/C16H20N4O4S2/c21-20(22)14-5-4-6-15(11-14)26(23,24)17-8-7-13-12-25-16(18-13)19-9-2-1-3-10-19/h4-6,11-12,17H,1-3,7-10H2. The highest BCUT2D eigenvalue weighted by molar-refractivity contribution is 7.89. The predicted molar refractivity (Wildman–Crippen MR) is 100 cm³/mol. The molecule has 0 radical (unpaired) electrons. The Bertz CT molecular complexity index is 876. The predicted octanol–water partition coefficient (Wildman–Crippen LogP) is 2.56. The number of thiazole rings is 1. The second-order valence-electron chi connectivity index (χ2n) is 6.07. The number of sulfonamides is 1. The quantitative estimate of drug-likeness (QED) is 0.570. The Labute approximate surface area is 156 Å². The Morgan fingerprint density at radius 1 is 1.27 bits per heavy atom. The van der Waals surface area contributed by atoms with Crippen molar-refractivity contribution in [3.05, 3.63) is 45.5 Å². The number of nitrogens with zero attached hydrogens (tertiary/aromatic N) is 3. The lowest BCUT2D eigenvalue weighted by molar-refractivity contribution is -0.385. The molecule has 0 saturated carbocycles. The van der Waals surface area contributed by atoms with Gasteiger partial charge in [0.15, 0.2) is 5.13 Å². The lowest BCUT2D eigenvalue weighted by Gasteiger charge is -2.25. The number of nitrogens with one attached hydrogen (secondary N) is 1. The second-order valence-corrected chi connectivity index (χ2v) is 8.67. The Balaban J connectivity index is 1.58. The molecule has 0 aliphatic carbocycles. The summed E-state index contributed by atoms with van der Waals surface area (Å²) in [6.45, 7) is 2.23. The third-order valence-corrected chi connectivity index (χ3v) is 6.59. The maximum atomic E-state index is 12.3. The van der Waals surface area contributed by atoms with Crippen molar-refractivity contribution in [3.8, 4) is 0 Å². The SMILES string of the molecule is O=[N+]([O-])c1cccc(S(=O)(=O)NCCc2csc(N3CCCCC3)n2)c1. The van der Waals surface area contributed by atoms with Gasteiger partial charge in [-0.15, -0.1) is 11.3 Å². The number of anilines is 1. The van der Waals surface area contributed by atoms with E-state index >= 15 is 0 Å². The van der Waals surface area contributed by atoms with E-state index in [0.29, 0.717) is 6.42 Å². The third kappa shape index (κ3) is 4.57. The number of nitro benzene ring substituents is 1. The third-order valence-electron chi connectivity index (χ3n) is 4.18. The molecule has 2 aromatic rings. The molecule has 140 valence electrons. The fourth-order valence-electron chi connectivity index (χ4n) is 2.80. The molecule has 3 rings (SSSR count). The molecule has 8 nitrogen and oxygen atoms in total. The van der Waals surface area contributed by atoms with Crippen LogP contribution in [0.15, 0.2) is 34.5 Å². The van der Waals surface area contributed by atoms with Crippen molar-refractivity contribution >= 4 is 32.2 Å². The number of aromatic nitrogens is 1. The molecular weight excluding hydrogens is 376 g/mol. The van der Waals surface area contributed by atoms with E-state index in [4.69, 9.17) is 0 Å². The summed E-state index contributed by atoms with van der Waals surface area (Å²) < 4.78 is 27.1. The number of nitro groups is 1. The Morgan fingerprint density at radius 3 is 2.77 bits per heavy atom. The molecule has 0 spiro atoms. The van der Waals surface area contributed by atoms with E-state index in [9.17, 15) is 18.5 Å². The van der Waals surface area contributed by atoms with Gasteiger partial charge in [0, 0.05) is 43.6 Å². The van der Waals surface area contributed by atoms with Gasteiger partial charge < -0.3 is 4.90 Å². The van der Waals surface area contributed by atoms with Crippen LogP contribution in [0.4, 0.5) is 10.8 Å². The minimum atomic E-state index is -3.79. The van der Waals surface area contributed by atoms with E-state index in [-0.39, 0.29) is 17.1 Å². The lowest BCUT2D eigenvalue weighted by Crippen LogP contribution is -2.29. The summed E-state index contributed by atoms with van der Waals surface area (Å²) in [4.78, 5) is 16.9. The Morgan fingerprint density at radius 2 is 2.04 bits per heavy atom. The smallest absolute Gasteiger partial charge is 0.270 e. The van der Waals surface area contributed by atoms with Crippen molar-refractivity contribution in [2.75, 3.05) is 24.5 Å². The van der Waals surface area contributed by atoms with E-state index < -0.39 is 14.9 Å². The Kier molecular flexibility index (Phi) is 5.84. The summed E-state index contributed by atoms with van der Waals surface area (Å²) in [7, 11) is -3.79. The molecule has 1 fully saturated rings. The number of benzene rings is 1. The summed E-state index contributed by atoms with van der Waals surface area (Å²) in [6, 6.07) is 5.01. The normalized spacial score (nSPS) is 15.2. The maximum absolute atomic E-state index is 12.3. The van der Waals surface area contributed by atoms with Crippen LogP contribution in [-0.4, -0.2) is 38.0 Å². The summed E-state index contributed by atoms with van der Waals surface area (Å²) >= 11 is 1.58. The molecule has 2 heterocycles. The van der Waals surface area contributed by atoms with E-state index in [0.717, 1.165) is 30.0 Å². The number of non-ortho nitro benzene ring substituents is 1. The molecule has 0 bridgehead atoms. The highest BCUT2D eigenvalue weighted by Crippen LogP contribution is 2.24. The van der Waals surface area contributed by atoms with E-state index in [1.54, 1.807) is 11.3 Å². The van der Waals surface area contributed by atoms with Crippen molar-refractivity contribution in [3.63, 3.8) is 0 Å². The highest BCUT2D eigenvalue weighted by Gasteiger charge is 2.18. The van der Waals surface area contributed by atoms with Gasteiger partial charge in [0.2, 0.25) is 10.0 Å². The zero-order chi connectivity index (χ0) is 18.6. The summed E-state index contributed by atoms with van der Waals surface area (Å²) in [5.41, 5.74) is 0.593. The highest BCUT2D eigenvalue weighted by atomic mass is 32.2. The first-order valence-electron chi connectivity index (χ1n) is 8.39. The van der Waals surface area contributed by atoms with Crippen LogP contribution in [0.25, 0.3) is 0 Å². The van der Waals surface area contributed by atoms with Crippen LogP contribution in [0.3, 0.4) is 0 Å². The van der Waals surface area contributed by atoms with Gasteiger partial charge in [0.1, 0.15) is 0 Å². The van der Waals surface area contributed by atoms with Crippen LogP contribution in [0, 0.1) is 10.1 Å². The molecule has 1 aliphatic heterocycles. The lowest BCUT2D eigenvalue weighted by atomic mass is 10.1. The van der Waals surface area contributed by atoms with Crippen LogP contribution in [0.5, 0.6) is 0 Å². The van der Waals surface area contributed by atoms with Crippen molar-refractivity contribution in [1.82, 2.24) is 9.71 Å². The van der Waals surface area contributed by atoms with Crippen molar-refractivity contribution < 1.29 is 13.3 Å². The fourth-order valence-corrected chi connectivity index (χ4v) is 4.79.